The van der Waals surface area contributed by atoms with Crippen molar-refractivity contribution in [3.8, 4) is 0 Å². The van der Waals surface area contributed by atoms with E-state index < -0.39 is 0 Å². The first kappa shape index (κ1) is 12.1. The molecule has 2 aromatic heterocycles. The third-order valence-corrected chi connectivity index (χ3v) is 2.45. The van der Waals surface area contributed by atoms with E-state index in [9.17, 15) is 4.79 Å². The number of pyridine rings is 1. The molecule has 0 aliphatic carbocycles. The van der Waals surface area contributed by atoms with Crippen molar-refractivity contribution >= 4 is 17.4 Å². The molecule has 2 N–H and O–H groups in total. The Kier molecular flexibility index (Phi) is 3.57. The van der Waals surface area contributed by atoms with Gasteiger partial charge in [0.1, 0.15) is 11.5 Å². The summed E-state index contributed by atoms with van der Waals surface area (Å²) in [7, 11) is 1.76. The molecule has 0 aliphatic rings. The smallest absolute Gasteiger partial charge is 0.274 e. The lowest BCUT2D eigenvalue weighted by Crippen LogP contribution is -2.13. The van der Waals surface area contributed by atoms with Crippen LogP contribution >= 0.6 is 0 Å². The van der Waals surface area contributed by atoms with Crippen molar-refractivity contribution in [2.24, 2.45) is 0 Å². The Morgan fingerprint density at radius 2 is 2.28 bits per heavy atom. The maximum atomic E-state index is 11.9. The van der Waals surface area contributed by atoms with Crippen LogP contribution in [0.1, 0.15) is 17.4 Å². The van der Waals surface area contributed by atoms with Crippen molar-refractivity contribution in [3.05, 3.63) is 36.3 Å². The highest BCUT2D eigenvalue weighted by molar-refractivity contribution is 6.02. The summed E-state index contributed by atoms with van der Waals surface area (Å²) in [5.74, 6) is 0.412. The summed E-state index contributed by atoms with van der Waals surface area (Å²) in [6.45, 7) is 2.75. The van der Waals surface area contributed by atoms with Crippen LogP contribution in [-0.4, -0.2) is 27.7 Å². The van der Waals surface area contributed by atoms with Crippen LogP contribution in [0.15, 0.2) is 30.6 Å². The van der Waals surface area contributed by atoms with Gasteiger partial charge in [-0.1, -0.05) is 6.07 Å². The van der Waals surface area contributed by atoms with Gasteiger partial charge in [0.25, 0.3) is 5.91 Å². The first-order valence-corrected chi connectivity index (χ1v) is 5.71. The summed E-state index contributed by atoms with van der Waals surface area (Å²) in [6.07, 6.45) is 3.39. The number of nitrogens with zero attached hydrogens (tertiary/aromatic N) is 3. The van der Waals surface area contributed by atoms with E-state index in [0.29, 0.717) is 17.2 Å². The summed E-state index contributed by atoms with van der Waals surface area (Å²) in [4.78, 5) is 16.1. The lowest BCUT2D eigenvalue weighted by Gasteiger charge is -2.03. The molecule has 0 atom stereocenters. The largest absolute Gasteiger partial charge is 0.373 e. The number of carbonyl (C=O) groups excluding carboxylic acids is 1. The van der Waals surface area contributed by atoms with E-state index in [1.165, 1.54) is 0 Å². The molecule has 0 spiro atoms. The molecule has 2 aromatic rings. The summed E-state index contributed by atoms with van der Waals surface area (Å²) in [6, 6.07) is 5.25. The van der Waals surface area contributed by atoms with Crippen molar-refractivity contribution in [1.82, 2.24) is 14.8 Å². The van der Waals surface area contributed by atoms with Crippen LogP contribution in [-0.2, 0) is 6.54 Å². The van der Waals surface area contributed by atoms with E-state index in [-0.39, 0.29) is 5.91 Å². The molecule has 1 amide bonds. The Morgan fingerprint density at radius 3 is 2.94 bits per heavy atom. The second-order valence-electron chi connectivity index (χ2n) is 3.70. The lowest BCUT2D eigenvalue weighted by molar-refractivity contribution is 0.102. The number of amides is 1. The van der Waals surface area contributed by atoms with Crippen molar-refractivity contribution in [3.63, 3.8) is 0 Å². The molecule has 0 aliphatic heterocycles. The van der Waals surface area contributed by atoms with Gasteiger partial charge in [0, 0.05) is 19.8 Å². The number of aromatic nitrogens is 3. The maximum absolute atomic E-state index is 11.9. The van der Waals surface area contributed by atoms with E-state index in [1.807, 2.05) is 6.92 Å². The van der Waals surface area contributed by atoms with E-state index in [0.717, 1.165) is 6.54 Å². The monoisotopic (exact) mass is 245 g/mol. The number of aryl methyl sites for hydroxylation is 1. The standard InChI is InChI=1S/C12H15N5O/c1-3-17-8-9(7-14-17)15-12(18)10-5-4-6-11(13-2)16-10/h4-8H,3H2,1-2H3,(H,13,16)(H,15,18). The molecule has 2 heterocycles. The van der Waals surface area contributed by atoms with E-state index >= 15 is 0 Å². The number of anilines is 2. The molecule has 94 valence electrons. The summed E-state index contributed by atoms with van der Waals surface area (Å²) in [5.41, 5.74) is 1.03. The molecule has 2 rings (SSSR count). The highest BCUT2D eigenvalue weighted by Gasteiger charge is 2.09. The van der Waals surface area contributed by atoms with Gasteiger partial charge in [-0.3, -0.25) is 9.48 Å². The minimum atomic E-state index is -0.247. The molecule has 0 bridgehead atoms. The molecule has 6 heteroatoms. The third kappa shape index (κ3) is 2.65. The number of nitrogens with one attached hydrogen (secondary N) is 2. The molecular formula is C12H15N5O. The van der Waals surface area contributed by atoms with Gasteiger partial charge in [0.15, 0.2) is 0 Å². The minimum Gasteiger partial charge on any atom is -0.373 e. The van der Waals surface area contributed by atoms with Gasteiger partial charge in [-0.25, -0.2) is 4.98 Å². The van der Waals surface area contributed by atoms with Crippen LogP contribution in [0.4, 0.5) is 11.5 Å². The van der Waals surface area contributed by atoms with Crippen molar-refractivity contribution in [2.75, 3.05) is 17.7 Å². The van der Waals surface area contributed by atoms with Crippen LogP contribution in [0.5, 0.6) is 0 Å². The average molecular weight is 245 g/mol. The second kappa shape index (κ2) is 5.31. The Morgan fingerprint density at radius 1 is 1.44 bits per heavy atom. The normalized spacial score (nSPS) is 10.1. The highest BCUT2D eigenvalue weighted by Crippen LogP contribution is 2.09. The van der Waals surface area contributed by atoms with Gasteiger partial charge >= 0.3 is 0 Å². The topological polar surface area (TPSA) is 71.8 Å². The van der Waals surface area contributed by atoms with Crippen LogP contribution in [0.25, 0.3) is 0 Å². The molecule has 0 saturated heterocycles. The van der Waals surface area contributed by atoms with Gasteiger partial charge in [0.05, 0.1) is 11.9 Å². The Bertz CT molecular complexity index is 549. The van der Waals surface area contributed by atoms with Crippen LogP contribution < -0.4 is 10.6 Å². The Labute approximate surface area is 105 Å². The van der Waals surface area contributed by atoms with Gasteiger partial charge in [-0.2, -0.15) is 5.10 Å². The molecule has 0 aromatic carbocycles. The Hall–Kier alpha value is -2.37. The zero-order valence-corrected chi connectivity index (χ0v) is 10.3. The molecule has 0 radical (unpaired) electrons. The first-order valence-electron chi connectivity index (χ1n) is 5.71. The third-order valence-electron chi connectivity index (χ3n) is 2.45. The number of carbonyl (C=O) groups is 1. The Balaban J connectivity index is 2.11. The van der Waals surface area contributed by atoms with E-state index in [4.69, 9.17) is 0 Å². The molecule has 0 saturated carbocycles. The van der Waals surface area contributed by atoms with Gasteiger partial charge in [0.2, 0.25) is 0 Å². The molecule has 0 unspecified atom stereocenters. The number of hydrogen-bond donors (Lipinski definition) is 2. The lowest BCUT2D eigenvalue weighted by atomic mass is 10.3. The molecule has 0 fully saturated rings. The zero-order chi connectivity index (χ0) is 13.0. The summed E-state index contributed by atoms with van der Waals surface area (Å²) in [5, 5.41) is 9.73. The second-order valence-corrected chi connectivity index (χ2v) is 3.70. The van der Waals surface area contributed by atoms with Crippen LogP contribution in [0, 0.1) is 0 Å². The van der Waals surface area contributed by atoms with Gasteiger partial charge in [-0.05, 0) is 19.1 Å². The zero-order valence-electron chi connectivity index (χ0n) is 10.3. The number of rotatable bonds is 4. The average Bonchev–Trinajstić information content (AvgIpc) is 2.86. The highest BCUT2D eigenvalue weighted by atomic mass is 16.1. The summed E-state index contributed by atoms with van der Waals surface area (Å²) < 4.78 is 1.74. The minimum absolute atomic E-state index is 0.247. The summed E-state index contributed by atoms with van der Waals surface area (Å²) >= 11 is 0. The molecule has 6 nitrogen and oxygen atoms in total. The van der Waals surface area contributed by atoms with Crippen molar-refractivity contribution in [2.45, 2.75) is 13.5 Å². The fourth-order valence-corrected chi connectivity index (χ4v) is 1.50. The maximum Gasteiger partial charge on any atom is 0.274 e. The predicted molar refractivity (Wildman–Crippen MR) is 69.6 cm³/mol. The fourth-order valence-electron chi connectivity index (χ4n) is 1.50. The van der Waals surface area contributed by atoms with Gasteiger partial charge in [-0.15, -0.1) is 0 Å². The van der Waals surface area contributed by atoms with Crippen LogP contribution in [0.3, 0.4) is 0 Å². The molecule has 18 heavy (non-hydrogen) atoms. The SMILES string of the molecule is CCn1cc(NC(=O)c2cccc(NC)n2)cn1. The van der Waals surface area contributed by atoms with E-state index in [2.05, 4.69) is 20.7 Å². The quantitative estimate of drug-likeness (QED) is 0.858. The van der Waals surface area contributed by atoms with E-state index in [1.54, 1.807) is 42.3 Å². The van der Waals surface area contributed by atoms with Gasteiger partial charge < -0.3 is 10.6 Å². The molecular weight excluding hydrogens is 230 g/mol. The van der Waals surface area contributed by atoms with Crippen molar-refractivity contribution in [1.29, 1.82) is 0 Å². The number of hydrogen-bond acceptors (Lipinski definition) is 4. The first-order chi connectivity index (χ1) is 8.72. The predicted octanol–water partition coefficient (Wildman–Crippen LogP) is 1.59. The van der Waals surface area contributed by atoms with Crippen LogP contribution in [0.2, 0.25) is 0 Å². The van der Waals surface area contributed by atoms with Crippen molar-refractivity contribution < 1.29 is 4.79 Å². The fraction of sp³-hybridized carbons (Fsp3) is 0.250.